The summed E-state index contributed by atoms with van der Waals surface area (Å²) in [6, 6.07) is 1.07. The minimum absolute atomic E-state index is 0. The third-order valence-electron chi connectivity index (χ3n) is 6.38. The average molecular weight is 435 g/mol. The average Bonchev–Trinajstić information content (AvgIpc) is 2.99. The van der Waals surface area contributed by atoms with Gasteiger partial charge in [0.05, 0.1) is 6.10 Å². The van der Waals surface area contributed by atoms with E-state index in [0.29, 0.717) is 24.1 Å². The second-order valence-corrected chi connectivity index (χ2v) is 8.03. The summed E-state index contributed by atoms with van der Waals surface area (Å²) in [5.74, 6) is 2.59. The van der Waals surface area contributed by atoms with Crippen molar-refractivity contribution >= 4 is 29.9 Å². The van der Waals surface area contributed by atoms with Gasteiger partial charge in [0.1, 0.15) is 0 Å². The van der Waals surface area contributed by atoms with Crippen molar-refractivity contribution in [2.24, 2.45) is 22.2 Å². The lowest BCUT2D eigenvalue weighted by Crippen LogP contribution is -2.68. The SMILES string of the molecule is CCC1CCC(NC(=NC)NC2C3CCOC3C2(C)C)CC1.I. The minimum Gasteiger partial charge on any atom is -0.377 e. The van der Waals surface area contributed by atoms with E-state index in [9.17, 15) is 0 Å². The Kier molecular flexibility index (Phi) is 6.62. The van der Waals surface area contributed by atoms with Gasteiger partial charge in [-0.1, -0.05) is 27.2 Å². The van der Waals surface area contributed by atoms with Crippen LogP contribution in [-0.4, -0.2) is 37.8 Å². The second kappa shape index (κ2) is 7.89. The van der Waals surface area contributed by atoms with Crippen LogP contribution in [0.5, 0.6) is 0 Å². The van der Waals surface area contributed by atoms with Crippen LogP contribution in [0.1, 0.15) is 59.3 Å². The van der Waals surface area contributed by atoms with Crippen molar-refractivity contribution in [1.82, 2.24) is 10.6 Å². The van der Waals surface area contributed by atoms with Crippen molar-refractivity contribution in [3.8, 4) is 0 Å². The van der Waals surface area contributed by atoms with Crippen molar-refractivity contribution in [3.63, 3.8) is 0 Å². The summed E-state index contributed by atoms with van der Waals surface area (Å²) in [5.41, 5.74) is 0.207. The van der Waals surface area contributed by atoms with Gasteiger partial charge in [-0.25, -0.2) is 0 Å². The summed E-state index contributed by atoms with van der Waals surface area (Å²) in [5, 5.41) is 7.36. The molecule has 0 bridgehead atoms. The molecule has 2 aliphatic carbocycles. The number of aliphatic imine (C=N–C) groups is 1. The van der Waals surface area contributed by atoms with Crippen molar-refractivity contribution in [2.75, 3.05) is 13.7 Å². The van der Waals surface area contributed by atoms with Crippen LogP contribution in [0.15, 0.2) is 4.99 Å². The van der Waals surface area contributed by atoms with Crippen LogP contribution in [0.25, 0.3) is 0 Å². The quantitative estimate of drug-likeness (QED) is 0.405. The van der Waals surface area contributed by atoms with E-state index in [1.54, 1.807) is 0 Å². The molecular formula is C18H34IN3O. The highest BCUT2D eigenvalue weighted by Crippen LogP contribution is 2.52. The van der Waals surface area contributed by atoms with Crippen molar-refractivity contribution in [1.29, 1.82) is 0 Å². The molecule has 134 valence electrons. The molecule has 1 aliphatic heterocycles. The van der Waals surface area contributed by atoms with E-state index in [2.05, 4.69) is 36.4 Å². The van der Waals surface area contributed by atoms with Gasteiger partial charge in [0.25, 0.3) is 0 Å². The number of nitrogens with zero attached hydrogens (tertiary/aromatic N) is 1. The molecule has 3 fully saturated rings. The van der Waals surface area contributed by atoms with E-state index >= 15 is 0 Å². The zero-order chi connectivity index (χ0) is 15.7. The van der Waals surface area contributed by atoms with Crippen LogP contribution in [0, 0.1) is 17.3 Å². The fraction of sp³-hybridized carbons (Fsp3) is 0.944. The molecule has 0 aromatic carbocycles. The van der Waals surface area contributed by atoms with Gasteiger partial charge in [-0.15, -0.1) is 24.0 Å². The molecule has 3 atom stereocenters. The number of nitrogens with one attached hydrogen (secondary N) is 2. The van der Waals surface area contributed by atoms with Gasteiger partial charge in [0.15, 0.2) is 5.96 Å². The number of fused-ring (bicyclic) bond motifs is 1. The first-order chi connectivity index (χ1) is 10.6. The molecule has 2 saturated carbocycles. The predicted octanol–water partition coefficient (Wildman–Crippen LogP) is 3.55. The van der Waals surface area contributed by atoms with Gasteiger partial charge >= 0.3 is 0 Å². The Morgan fingerprint density at radius 2 is 1.83 bits per heavy atom. The van der Waals surface area contributed by atoms with Crippen LogP contribution in [0.4, 0.5) is 0 Å². The lowest BCUT2D eigenvalue weighted by Gasteiger charge is -2.55. The smallest absolute Gasteiger partial charge is 0.191 e. The Morgan fingerprint density at radius 1 is 1.13 bits per heavy atom. The summed E-state index contributed by atoms with van der Waals surface area (Å²) in [6.07, 6.45) is 8.23. The molecule has 5 heteroatoms. The third-order valence-corrected chi connectivity index (χ3v) is 6.38. The van der Waals surface area contributed by atoms with Gasteiger partial charge in [-0.05, 0) is 38.0 Å². The van der Waals surface area contributed by atoms with Crippen LogP contribution in [0.3, 0.4) is 0 Å². The minimum atomic E-state index is 0. The topological polar surface area (TPSA) is 45.7 Å². The Morgan fingerprint density at radius 3 is 2.43 bits per heavy atom. The molecule has 3 rings (SSSR count). The monoisotopic (exact) mass is 435 g/mol. The Hall–Kier alpha value is -0.0400. The second-order valence-electron chi connectivity index (χ2n) is 8.03. The lowest BCUT2D eigenvalue weighted by atomic mass is 9.57. The van der Waals surface area contributed by atoms with Gasteiger partial charge in [-0.2, -0.15) is 0 Å². The number of ether oxygens (including phenoxy) is 1. The molecular weight excluding hydrogens is 401 g/mol. The fourth-order valence-electron chi connectivity index (χ4n) is 4.84. The maximum atomic E-state index is 5.89. The first-order valence-electron chi connectivity index (χ1n) is 9.17. The van der Waals surface area contributed by atoms with Gasteiger partial charge < -0.3 is 15.4 Å². The standard InChI is InChI=1S/C18H33N3O.HI/c1-5-12-6-8-13(9-7-12)20-17(19-4)21-15-14-10-11-22-16(14)18(15,2)3;/h12-16H,5-11H2,1-4H3,(H2,19,20,21);1H. The summed E-state index contributed by atoms with van der Waals surface area (Å²) in [6.45, 7) is 7.87. The number of hydrogen-bond donors (Lipinski definition) is 2. The van der Waals surface area contributed by atoms with E-state index in [1.165, 1.54) is 38.5 Å². The molecule has 0 amide bonds. The maximum Gasteiger partial charge on any atom is 0.191 e. The molecule has 3 aliphatic rings. The molecule has 3 unspecified atom stereocenters. The normalized spacial score (nSPS) is 39.0. The van der Waals surface area contributed by atoms with Crippen molar-refractivity contribution in [3.05, 3.63) is 0 Å². The van der Waals surface area contributed by atoms with Crippen LogP contribution < -0.4 is 10.6 Å². The van der Waals surface area contributed by atoms with E-state index in [1.807, 2.05) is 7.05 Å². The number of rotatable bonds is 3. The fourth-order valence-corrected chi connectivity index (χ4v) is 4.84. The summed E-state index contributed by atoms with van der Waals surface area (Å²) < 4.78 is 5.89. The Bertz CT molecular complexity index is 418. The highest BCUT2D eigenvalue weighted by Gasteiger charge is 2.59. The Labute approximate surface area is 158 Å². The molecule has 1 heterocycles. The summed E-state index contributed by atoms with van der Waals surface area (Å²) in [7, 11) is 1.89. The van der Waals surface area contributed by atoms with E-state index in [0.717, 1.165) is 18.5 Å². The molecule has 4 nitrogen and oxygen atoms in total. The molecule has 0 aromatic heterocycles. The first kappa shape index (κ1) is 19.3. The van der Waals surface area contributed by atoms with Gasteiger partial charge in [0.2, 0.25) is 0 Å². The third kappa shape index (κ3) is 3.80. The molecule has 2 N–H and O–H groups in total. The molecule has 0 aromatic rings. The number of guanidine groups is 1. The first-order valence-corrected chi connectivity index (χ1v) is 9.17. The number of hydrogen-bond acceptors (Lipinski definition) is 2. The summed E-state index contributed by atoms with van der Waals surface area (Å²) >= 11 is 0. The Balaban J connectivity index is 0.00000192. The zero-order valence-electron chi connectivity index (χ0n) is 15.1. The van der Waals surface area contributed by atoms with E-state index < -0.39 is 0 Å². The summed E-state index contributed by atoms with van der Waals surface area (Å²) in [4.78, 5) is 4.48. The van der Waals surface area contributed by atoms with Gasteiger partial charge in [0, 0.05) is 37.1 Å². The highest BCUT2D eigenvalue weighted by atomic mass is 127. The molecule has 0 spiro atoms. The maximum absolute atomic E-state index is 5.89. The zero-order valence-corrected chi connectivity index (χ0v) is 17.4. The van der Waals surface area contributed by atoms with Gasteiger partial charge in [-0.3, -0.25) is 4.99 Å². The highest BCUT2D eigenvalue weighted by molar-refractivity contribution is 14.0. The van der Waals surface area contributed by atoms with Crippen molar-refractivity contribution in [2.45, 2.75) is 77.5 Å². The number of halogens is 1. The van der Waals surface area contributed by atoms with Crippen LogP contribution in [-0.2, 0) is 4.74 Å². The van der Waals surface area contributed by atoms with Crippen LogP contribution in [0.2, 0.25) is 0 Å². The predicted molar refractivity (Wildman–Crippen MR) is 106 cm³/mol. The van der Waals surface area contributed by atoms with E-state index in [-0.39, 0.29) is 29.4 Å². The van der Waals surface area contributed by atoms with Crippen molar-refractivity contribution < 1.29 is 4.74 Å². The molecule has 0 radical (unpaired) electrons. The largest absolute Gasteiger partial charge is 0.377 e. The van der Waals surface area contributed by atoms with Crippen LogP contribution >= 0.6 is 24.0 Å². The molecule has 23 heavy (non-hydrogen) atoms. The van der Waals surface area contributed by atoms with E-state index in [4.69, 9.17) is 4.74 Å². The molecule has 1 saturated heterocycles. The lowest BCUT2D eigenvalue weighted by molar-refractivity contribution is -0.106.